The van der Waals surface area contributed by atoms with Crippen molar-refractivity contribution in [1.82, 2.24) is 0 Å². The number of hydrogen-bond donors (Lipinski definition) is 0. The molecule has 0 aromatic heterocycles. The highest BCUT2D eigenvalue weighted by Gasteiger charge is 2.50. The van der Waals surface area contributed by atoms with Crippen LogP contribution in [0.3, 0.4) is 0 Å². The lowest BCUT2D eigenvalue weighted by Crippen LogP contribution is -2.32. The van der Waals surface area contributed by atoms with Gasteiger partial charge >= 0.3 is 0 Å². The molecule has 10 aromatic carbocycles. The maximum Gasteiger partial charge on any atom is 0.0735 e. The molecule has 1 aliphatic carbocycles. The lowest BCUT2D eigenvalue weighted by molar-refractivity contribution is 0.725. The molecule has 0 unspecified atom stereocenters. The molecular formula is C59H39NS. The molecule has 2 aliphatic rings. The zero-order chi connectivity index (χ0) is 40.3. The topological polar surface area (TPSA) is 3.24 Å². The first kappa shape index (κ1) is 35.5. The number of rotatable bonds is 6. The van der Waals surface area contributed by atoms with E-state index in [0.717, 1.165) is 17.1 Å². The van der Waals surface area contributed by atoms with Crippen LogP contribution in [-0.2, 0) is 5.41 Å². The third-order valence-electron chi connectivity index (χ3n) is 12.7. The monoisotopic (exact) mass is 793 g/mol. The van der Waals surface area contributed by atoms with Crippen molar-refractivity contribution >= 4 is 39.6 Å². The van der Waals surface area contributed by atoms with Crippen LogP contribution in [0.4, 0.5) is 17.1 Å². The molecule has 0 atom stereocenters. The van der Waals surface area contributed by atoms with Crippen LogP contribution < -0.4 is 4.90 Å². The van der Waals surface area contributed by atoms with E-state index in [-0.39, 0.29) is 0 Å². The molecule has 2 heteroatoms. The largest absolute Gasteiger partial charge is 0.311 e. The summed E-state index contributed by atoms with van der Waals surface area (Å²) < 4.78 is 0. The van der Waals surface area contributed by atoms with Gasteiger partial charge in [0, 0.05) is 32.4 Å². The Morgan fingerprint density at radius 1 is 0.328 bits per heavy atom. The van der Waals surface area contributed by atoms with Crippen LogP contribution in [0, 0.1) is 0 Å². The first-order valence-corrected chi connectivity index (χ1v) is 21.8. The fourth-order valence-corrected chi connectivity index (χ4v) is 11.4. The first-order chi connectivity index (χ1) is 30.3. The van der Waals surface area contributed by atoms with Gasteiger partial charge in [0.1, 0.15) is 0 Å². The molecule has 286 valence electrons. The van der Waals surface area contributed by atoms with Gasteiger partial charge in [0.2, 0.25) is 0 Å². The van der Waals surface area contributed by atoms with Crippen LogP contribution >= 0.6 is 11.8 Å². The molecule has 1 spiro atoms. The van der Waals surface area contributed by atoms with E-state index in [0.29, 0.717) is 0 Å². The number of fused-ring (bicyclic) bond motifs is 10. The average molecular weight is 794 g/mol. The molecule has 0 fully saturated rings. The molecule has 12 rings (SSSR count). The molecule has 0 N–H and O–H groups in total. The van der Waals surface area contributed by atoms with Crippen LogP contribution in [0.15, 0.2) is 246 Å². The number of benzene rings is 10. The van der Waals surface area contributed by atoms with Crippen molar-refractivity contribution in [3.63, 3.8) is 0 Å². The predicted molar refractivity (Wildman–Crippen MR) is 256 cm³/mol. The summed E-state index contributed by atoms with van der Waals surface area (Å²) in [6.07, 6.45) is 0. The van der Waals surface area contributed by atoms with Crippen LogP contribution in [0.5, 0.6) is 0 Å². The van der Waals surface area contributed by atoms with Gasteiger partial charge in [0.25, 0.3) is 0 Å². The van der Waals surface area contributed by atoms with Crippen molar-refractivity contribution in [1.29, 1.82) is 0 Å². The van der Waals surface area contributed by atoms with Crippen LogP contribution in [0.1, 0.15) is 22.3 Å². The molecule has 0 amide bonds. The standard InChI is InChI=1S/C59H39NS/c1-3-15-40(16-4-1)42-27-33-46(34-28-42)60(47-35-29-43(30-36-47)41-17-5-2-6-18-41)48-37-31-44(32-38-48)57-49-20-8-7-19-45(49)39-55-58(57)61-56-26-14-13-25-54(56)59(55)52-23-11-9-21-50(52)51-22-10-12-24-53(51)59/h1-39H. The summed E-state index contributed by atoms with van der Waals surface area (Å²) >= 11 is 1.92. The summed E-state index contributed by atoms with van der Waals surface area (Å²) in [4.78, 5) is 5.00. The predicted octanol–water partition coefficient (Wildman–Crippen LogP) is 16.1. The van der Waals surface area contributed by atoms with E-state index in [1.165, 1.54) is 87.3 Å². The fraction of sp³-hybridized carbons (Fsp3) is 0.0169. The van der Waals surface area contributed by atoms with Crippen LogP contribution in [0.2, 0.25) is 0 Å². The Morgan fingerprint density at radius 2 is 0.754 bits per heavy atom. The second-order valence-electron chi connectivity index (χ2n) is 16.0. The summed E-state index contributed by atoms with van der Waals surface area (Å²) in [6.45, 7) is 0. The number of hydrogen-bond acceptors (Lipinski definition) is 2. The van der Waals surface area contributed by atoms with Gasteiger partial charge in [-0.2, -0.15) is 0 Å². The Balaban J connectivity index is 1.03. The van der Waals surface area contributed by atoms with E-state index in [1.54, 1.807) is 0 Å². The zero-order valence-corrected chi connectivity index (χ0v) is 34.2. The van der Waals surface area contributed by atoms with Gasteiger partial charge in [-0.25, -0.2) is 0 Å². The Morgan fingerprint density at radius 3 is 1.31 bits per heavy atom. The minimum atomic E-state index is -0.447. The molecule has 61 heavy (non-hydrogen) atoms. The molecule has 0 bridgehead atoms. The van der Waals surface area contributed by atoms with Gasteiger partial charge in [-0.3, -0.25) is 0 Å². The van der Waals surface area contributed by atoms with Crippen molar-refractivity contribution in [2.24, 2.45) is 0 Å². The minimum absolute atomic E-state index is 0.447. The van der Waals surface area contributed by atoms with Gasteiger partial charge in [0.15, 0.2) is 0 Å². The summed E-state index contributed by atoms with van der Waals surface area (Å²) in [5, 5.41) is 2.51. The zero-order valence-electron chi connectivity index (χ0n) is 33.4. The Bertz CT molecular complexity index is 3110. The van der Waals surface area contributed by atoms with Crippen LogP contribution in [0.25, 0.3) is 55.3 Å². The Kier molecular flexibility index (Phi) is 8.40. The van der Waals surface area contributed by atoms with Gasteiger partial charge in [-0.1, -0.05) is 200 Å². The van der Waals surface area contributed by atoms with Crippen molar-refractivity contribution in [2.75, 3.05) is 4.90 Å². The van der Waals surface area contributed by atoms with E-state index in [9.17, 15) is 0 Å². The van der Waals surface area contributed by atoms with Gasteiger partial charge < -0.3 is 4.90 Å². The first-order valence-electron chi connectivity index (χ1n) is 21.0. The van der Waals surface area contributed by atoms with Gasteiger partial charge in [-0.05, 0) is 121 Å². The lowest BCUT2D eigenvalue weighted by atomic mass is 9.66. The third-order valence-corrected chi connectivity index (χ3v) is 13.9. The summed E-state index contributed by atoms with van der Waals surface area (Å²) in [6, 6.07) is 87.1. The highest BCUT2D eigenvalue weighted by Crippen LogP contribution is 2.64. The quantitative estimate of drug-likeness (QED) is 0.165. The lowest BCUT2D eigenvalue weighted by Gasteiger charge is -2.40. The molecule has 1 heterocycles. The Hall–Kier alpha value is -7.39. The second kappa shape index (κ2) is 14.4. The molecule has 0 saturated heterocycles. The summed E-state index contributed by atoms with van der Waals surface area (Å²) in [5.74, 6) is 0. The molecule has 0 saturated carbocycles. The smallest absolute Gasteiger partial charge is 0.0735 e. The van der Waals surface area contributed by atoms with Crippen molar-refractivity contribution in [2.45, 2.75) is 15.2 Å². The van der Waals surface area contributed by atoms with Gasteiger partial charge in [0.05, 0.1) is 5.41 Å². The molecule has 10 aromatic rings. The van der Waals surface area contributed by atoms with Crippen molar-refractivity contribution in [3.8, 4) is 44.5 Å². The van der Waals surface area contributed by atoms with E-state index in [1.807, 2.05) is 11.8 Å². The molecule has 1 nitrogen and oxygen atoms in total. The van der Waals surface area contributed by atoms with E-state index < -0.39 is 5.41 Å². The maximum absolute atomic E-state index is 2.49. The number of anilines is 3. The summed E-state index contributed by atoms with van der Waals surface area (Å²) in [5.41, 5.74) is 18.2. The number of nitrogens with zero attached hydrogens (tertiary/aromatic N) is 1. The highest BCUT2D eigenvalue weighted by atomic mass is 32.2. The molecular weight excluding hydrogens is 755 g/mol. The maximum atomic E-state index is 2.49. The SMILES string of the molecule is c1ccc(-c2ccc(N(c3ccc(-c4ccccc4)cc3)c3ccc(-c4c5c(cc6ccccc46)C4(c6ccccc6S5)c5ccccc5-c5ccccc54)cc3)cc2)cc1. The minimum Gasteiger partial charge on any atom is -0.311 e. The average Bonchev–Trinajstić information content (AvgIpc) is 3.63. The van der Waals surface area contributed by atoms with Crippen molar-refractivity contribution < 1.29 is 0 Å². The fourth-order valence-electron chi connectivity index (χ4n) is 10.0. The third kappa shape index (κ3) is 5.64. The molecule has 0 radical (unpaired) electrons. The van der Waals surface area contributed by atoms with E-state index in [2.05, 4.69) is 241 Å². The van der Waals surface area contributed by atoms with Gasteiger partial charge in [-0.15, -0.1) is 0 Å². The second-order valence-corrected chi connectivity index (χ2v) is 17.0. The molecule has 1 aliphatic heterocycles. The van der Waals surface area contributed by atoms with Crippen molar-refractivity contribution in [3.05, 3.63) is 259 Å². The van der Waals surface area contributed by atoms with Crippen LogP contribution in [-0.4, -0.2) is 0 Å². The normalized spacial score (nSPS) is 13.0. The van der Waals surface area contributed by atoms with E-state index in [4.69, 9.17) is 0 Å². The summed E-state index contributed by atoms with van der Waals surface area (Å²) in [7, 11) is 0. The van der Waals surface area contributed by atoms with E-state index >= 15 is 0 Å². The Labute approximate surface area is 361 Å². The highest BCUT2D eigenvalue weighted by molar-refractivity contribution is 7.99.